The summed E-state index contributed by atoms with van der Waals surface area (Å²) in [5, 5.41) is 13.7. The van der Waals surface area contributed by atoms with Crippen LogP contribution in [0.3, 0.4) is 0 Å². The van der Waals surface area contributed by atoms with Crippen LogP contribution in [0.2, 0.25) is 0 Å². The van der Waals surface area contributed by atoms with Gasteiger partial charge in [0, 0.05) is 18.2 Å². The molecule has 0 fully saturated rings. The Morgan fingerprint density at radius 2 is 2.20 bits per heavy atom. The third-order valence-electron chi connectivity index (χ3n) is 3.88. The first kappa shape index (κ1) is 13.0. The zero-order chi connectivity index (χ0) is 14.4. The van der Waals surface area contributed by atoms with Gasteiger partial charge in [-0.05, 0) is 20.3 Å². The minimum absolute atomic E-state index is 0.350. The van der Waals surface area contributed by atoms with Crippen LogP contribution in [0.1, 0.15) is 31.5 Å². The molecule has 1 spiro atoms. The molecule has 0 saturated carbocycles. The molecule has 1 N–H and O–H groups in total. The van der Waals surface area contributed by atoms with E-state index in [1.54, 1.807) is 31.1 Å². The Hall–Kier alpha value is -1.98. The molecule has 2 aliphatic rings. The Kier molecular flexibility index (Phi) is 2.77. The molecule has 1 aromatic heterocycles. The van der Waals surface area contributed by atoms with E-state index in [4.69, 9.17) is 9.47 Å². The first-order valence-corrected chi connectivity index (χ1v) is 6.70. The van der Waals surface area contributed by atoms with Crippen molar-refractivity contribution in [2.45, 2.75) is 45.4 Å². The molecule has 108 valence electrons. The molecule has 0 amide bonds. The smallest absolute Gasteiger partial charge is 0.310 e. The molecule has 1 aliphatic heterocycles. The summed E-state index contributed by atoms with van der Waals surface area (Å²) in [5.41, 5.74) is 1.24. The molecule has 20 heavy (non-hydrogen) atoms. The first-order chi connectivity index (χ1) is 9.40. The quantitative estimate of drug-likeness (QED) is 0.911. The molecule has 1 aromatic rings. The summed E-state index contributed by atoms with van der Waals surface area (Å²) < 4.78 is 12.8. The second-order valence-corrected chi connectivity index (χ2v) is 6.08. The van der Waals surface area contributed by atoms with Crippen LogP contribution in [-0.4, -0.2) is 26.6 Å². The van der Waals surface area contributed by atoms with E-state index in [1.165, 1.54) is 0 Å². The lowest BCUT2D eigenvalue weighted by Gasteiger charge is -2.30. The normalized spacial score (nSPS) is 19.5. The Bertz CT molecular complexity index is 566. The number of carboxylic acid groups (broad SMARTS) is 1. The zero-order valence-corrected chi connectivity index (χ0v) is 11.6. The van der Waals surface area contributed by atoms with Crippen molar-refractivity contribution in [3.8, 4) is 0 Å². The van der Waals surface area contributed by atoms with Gasteiger partial charge in [-0.1, -0.05) is 0 Å². The number of aliphatic carboxylic acids is 1. The van der Waals surface area contributed by atoms with Crippen LogP contribution >= 0.6 is 0 Å². The summed E-state index contributed by atoms with van der Waals surface area (Å²) in [7, 11) is 0. The topological polar surface area (TPSA) is 73.6 Å². The summed E-state index contributed by atoms with van der Waals surface area (Å²) >= 11 is 0. The average Bonchev–Trinajstić information content (AvgIpc) is 2.95. The molecule has 1 aliphatic carbocycles. The molecule has 2 heterocycles. The van der Waals surface area contributed by atoms with Gasteiger partial charge in [-0.15, -0.1) is 0 Å². The number of aryl methyl sites for hydroxylation is 1. The van der Waals surface area contributed by atoms with E-state index in [-0.39, 0.29) is 0 Å². The Morgan fingerprint density at radius 3 is 2.85 bits per heavy atom. The van der Waals surface area contributed by atoms with Gasteiger partial charge in [-0.2, -0.15) is 5.10 Å². The Morgan fingerprint density at radius 1 is 1.50 bits per heavy atom. The number of aromatic nitrogens is 2. The number of carbonyl (C=O) groups is 1. The monoisotopic (exact) mass is 278 g/mol. The van der Waals surface area contributed by atoms with Crippen molar-refractivity contribution in [3.63, 3.8) is 0 Å². The SMILES string of the molecule is CC(C)(Cn1cc2c(n1)CCC1(C2)OC=CO1)C(=O)O. The van der Waals surface area contributed by atoms with Gasteiger partial charge in [0.2, 0.25) is 0 Å². The van der Waals surface area contributed by atoms with Gasteiger partial charge in [0.1, 0.15) is 12.5 Å². The van der Waals surface area contributed by atoms with Crippen LogP contribution in [-0.2, 0) is 33.7 Å². The first-order valence-electron chi connectivity index (χ1n) is 6.70. The predicted octanol–water partition coefficient (Wildman–Crippen LogP) is 1.70. The van der Waals surface area contributed by atoms with E-state index in [2.05, 4.69) is 5.10 Å². The van der Waals surface area contributed by atoms with Gasteiger partial charge in [0.25, 0.3) is 5.79 Å². The Balaban J connectivity index is 1.79. The summed E-state index contributed by atoms with van der Waals surface area (Å²) in [4.78, 5) is 11.2. The van der Waals surface area contributed by atoms with Crippen LogP contribution < -0.4 is 0 Å². The second kappa shape index (κ2) is 4.26. The van der Waals surface area contributed by atoms with Gasteiger partial charge in [-0.25, -0.2) is 0 Å². The van der Waals surface area contributed by atoms with E-state index < -0.39 is 17.2 Å². The number of hydrogen-bond acceptors (Lipinski definition) is 4. The maximum atomic E-state index is 11.2. The number of carboxylic acids is 1. The number of hydrogen-bond donors (Lipinski definition) is 1. The lowest BCUT2D eigenvalue weighted by atomic mass is 9.92. The van der Waals surface area contributed by atoms with Crippen LogP contribution in [0, 0.1) is 5.41 Å². The van der Waals surface area contributed by atoms with Crippen LogP contribution in [0.25, 0.3) is 0 Å². The van der Waals surface area contributed by atoms with Gasteiger partial charge >= 0.3 is 5.97 Å². The van der Waals surface area contributed by atoms with E-state index in [9.17, 15) is 9.90 Å². The third kappa shape index (κ3) is 2.15. The highest BCUT2D eigenvalue weighted by molar-refractivity contribution is 5.73. The molecule has 6 nitrogen and oxygen atoms in total. The highest BCUT2D eigenvalue weighted by atomic mass is 16.7. The molecular formula is C14H18N2O4. The van der Waals surface area contributed by atoms with Crippen molar-refractivity contribution in [3.05, 3.63) is 30.0 Å². The fourth-order valence-electron chi connectivity index (χ4n) is 2.63. The van der Waals surface area contributed by atoms with Crippen LogP contribution in [0.15, 0.2) is 18.7 Å². The molecule has 0 bridgehead atoms. The van der Waals surface area contributed by atoms with Crippen molar-refractivity contribution in [2.24, 2.45) is 5.41 Å². The number of nitrogens with zero attached hydrogens (tertiary/aromatic N) is 2. The van der Waals surface area contributed by atoms with E-state index in [0.717, 1.165) is 24.1 Å². The van der Waals surface area contributed by atoms with Gasteiger partial charge < -0.3 is 14.6 Å². The standard InChI is InChI=1S/C14H18N2O4/c1-13(2,12(17)18)9-16-8-10-7-14(19-5-6-20-14)4-3-11(10)15-16/h5-6,8H,3-4,7,9H2,1-2H3,(H,17,18). The van der Waals surface area contributed by atoms with Crippen molar-refractivity contribution in [1.29, 1.82) is 0 Å². The van der Waals surface area contributed by atoms with E-state index in [1.807, 2.05) is 6.20 Å². The van der Waals surface area contributed by atoms with E-state index >= 15 is 0 Å². The fourth-order valence-corrected chi connectivity index (χ4v) is 2.63. The fraction of sp³-hybridized carbons (Fsp3) is 0.571. The Labute approximate surface area is 117 Å². The molecule has 0 saturated heterocycles. The van der Waals surface area contributed by atoms with Crippen molar-refractivity contribution >= 4 is 5.97 Å². The van der Waals surface area contributed by atoms with Crippen LogP contribution in [0.5, 0.6) is 0 Å². The molecule has 0 radical (unpaired) electrons. The summed E-state index contributed by atoms with van der Waals surface area (Å²) in [6.07, 6.45) is 7.23. The summed E-state index contributed by atoms with van der Waals surface area (Å²) in [6, 6.07) is 0. The van der Waals surface area contributed by atoms with Gasteiger partial charge in [0.05, 0.1) is 24.1 Å². The summed E-state index contributed by atoms with van der Waals surface area (Å²) in [5.74, 6) is -1.41. The minimum atomic E-state index is -0.839. The highest BCUT2D eigenvalue weighted by Crippen LogP contribution is 2.35. The lowest BCUT2D eigenvalue weighted by molar-refractivity contribution is -0.148. The molecular weight excluding hydrogens is 260 g/mol. The number of rotatable bonds is 3. The van der Waals surface area contributed by atoms with Gasteiger partial charge in [-0.3, -0.25) is 9.48 Å². The zero-order valence-electron chi connectivity index (χ0n) is 11.6. The minimum Gasteiger partial charge on any atom is -0.481 e. The molecule has 3 rings (SSSR count). The predicted molar refractivity (Wildman–Crippen MR) is 69.7 cm³/mol. The second-order valence-electron chi connectivity index (χ2n) is 6.08. The largest absolute Gasteiger partial charge is 0.481 e. The van der Waals surface area contributed by atoms with Crippen molar-refractivity contribution < 1.29 is 19.4 Å². The van der Waals surface area contributed by atoms with Crippen LogP contribution in [0.4, 0.5) is 0 Å². The summed E-state index contributed by atoms with van der Waals surface area (Å²) in [6.45, 7) is 3.75. The molecule has 0 aromatic carbocycles. The van der Waals surface area contributed by atoms with Crippen molar-refractivity contribution in [1.82, 2.24) is 9.78 Å². The third-order valence-corrected chi connectivity index (χ3v) is 3.88. The molecule has 0 unspecified atom stereocenters. The average molecular weight is 278 g/mol. The highest BCUT2D eigenvalue weighted by Gasteiger charge is 2.41. The number of fused-ring (bicyclic) bond motifs is 1. The molecule has 0 atom stereocenters. The van der Waals surface area contributed by atoms with Crippen molar-refractivity contribution in [2.75, 3.05) is 0 Å². The maximum Gasteiger partial charge on any atom is 0.310 e. The van der Waals surface area contributed by atoms with Gasteiger partial charge in [0.15, 0.2) is 0 Å². The maximum absolute atomic E-state index is 11.2. The number of ether oxygens (including phenoxy) is 2. The lowest BCUT2D eigenvalue weighted by Crippen LogP contribution is -2.36. The molecule has 6 heteroatoms. The van der Waals surface area contributed by atoms with E-state index in [0.29, 0.717) is 13.0 Å².